The molecule has 0 heterocycles. The Hall–Kier alpha value is -0.570. The van der Waals surface area contributed by atoms with Gasteiger partial charge in [0.1, 0.15) is 0 Å². The summed E-state index contributed by atoms with van der Waals surface area (Å²) in [6, 6.07) is -0.0114. The summed E-state index contributed by atoms with van der Waals surface area (Å²) in [6.45, 7) is 3.82. The molecular weight excluding hydrogens is 142 g/mol. The van der Waals surface area contributed by atoms with E-state index in [1.165, 1.54) is 0 Å². The van der Waals surface area contributed by atoms with Gasteiger partial charge in [-0.25, -0.2) is 0 Å². The highest BCUT2D eigenvalue weighted by atomic mass is 16.4. The Kier molecular flexibility index (Phi) is 4.86. The largest absolute Gasteiger partial charge is 0.481 e. The number of aliphatic carboxylic acids is 1. The van der Waals surface area contributed by atoms with Gasteiger partial charge in [-0.15, -0.1) is 0 Å². The molecule has 0 bridgehead atoms. The van der Waals surface area contributed by atoms with Gasteiger partial charge in [0, 0.05) is 6.04 Å². The second-order valence-electron chi connectivity index (χ2n) is 3.04. The lowest BCUT2D eigenvalue weighted by molar-refractivity contribution is -0.142. The molecule has 0 aliphatic rings. The summed E-state index contributed by atoms with van der Waals surface area (Å²) >= 11 is 0. The van der Waals surface area contributed by atoms with E-state index in [9.17, 15) is 4.79 Å². The number of carbonyl (C=O) groups is 1. The van der Waals surface area contributed by atoms with Crippen molar-refractivity contribution in [3.8, 4) is 0 Å². The monoisotopic (exact) mass is 159 g/mol. The molecule has 11 heavy (non-hydrogen) atoms. The summed E-state index contributed by atoms with van der Waals surface area (Å²) in [4.78, 5) is 10.6. The first-order valence-electron chi connectivity index (χ1n) is 4.06. The molecule has 0 saturated carbocycles. The van der Waals surface area contributed by atoms with Crippen molar-refractivity contribution >= 4 is 5.97 Å². The van der Waals surface area contributed by atoms with Crippen molar-refractivity contribution in [2.45, 2.75) is 39.2 Å². The van der Waals surface area contributed by atoms with E-state index in [2.05, 4.69) is 0 Å². The molecule has 3 N–H and O–H groups in total. The molecule has 0 radical (unpaired) electrons. The Balaban J connectivity index is 3.79. The Bertz CT molecular complexity index is 123. The first kappa shape index (κ1) is 10.4. The van der Waals surface area contributed by atoms with Crippen molar-refractivity contribution in [2.24, 2.45) is 11.7 Å². The molecule has 2 atom stereocenters. The van der Waals surface area contributed by atoms with Crippen molar-refractivity contribution in [1.82, 2.24) is 0 Å². The minimum Gasteiger partial charge on any atom is -0.481 e. The fraction of sp³-hybridized carbons (Fsp3) is 0.875. The van der Waals surface area contributed by atoms with Gasteiger partial charge in [-0.05, 0) is 19.8 Å². The van der Waals surface area contributed by atoms with Crippen LogP contribution in [0.25, 0.3) is 0 Å². The molecule has 0 rings (SSSR count). The predicted octanol–water partition coefficient (Wildman–Crippen LogP) is 1.22. The maximum Gasteiger partial charge on any atom is 0.306 e. The molecule has 0 aromatic heterocycles. The quantitative estimate of drug-likeness (QED) is 0.634. The number of rotatable bonds is 5. The van der Waals surface area contributed by atoms with Crippen molar-refractivity contribution < 1.29 is 9.90 Å². The Labute approximate surface area is 67.6 Å². The number of nitrogens with two attached hydrogens (primary N) is 1. The fourth-order valence-corrected chi connectivity index (χ4v) is 1.14. The molecule has 0 spiro atoms. The highest BCUT2D eigenvalue weighted by molar-refractivity contribution is 5.69. The lowest BCUT2D eigenvalue weighted by Gasteiger charge is -2.12. The van der Waals surface area contributed by atoms with Crippen molar-refractivity contribution in [3.63, 3.8) is 0 Å². The summed E-state index contributed by atoms with van der Waals surface area (Å²) in [5.74, 6) is -0.968. The van der Waals surface area contributed by atoms with E-state index in [1.54, 1.807) is 0 Å². The highest BCUT2D eigenvalue weighted by Gasteiger charge is 2.17. The molecule has 0 amide bonds. The molecule has 66 valence electrons. The van der Waals surface area contributed by atoms with E-state index in [0.717, 1.165) is 12.8 Å². The molecule has 3 nitrogen and oxygen atoms in total. The fourth-order valence-electron chi connectivity index (χ4n) is 1.14. The second-order valence-corrected chi connectivity index (χ2v) is 3.04. The van der Waals surface area contributed by atoms with Crippen molar-refractivity contribution in [1.29, 1.82) is 0 Å². The van der Waals surface area contributed by atoms with E-state index in [1.807, 2.05) is 13.8 Å². The van der Waals surface area contributed by atoms with Crippen LogP contribution in [0.3, 0.4) is 0 Å². The summed E-state index contributed by atoms with van der Waals surface area (Å²) in [6.07, 6.45) is 2.23. The SMILES string of the molecule is CCCC(CC(C)N)C(=O)O. The van der Waals surface area contributed by atoms with Crippen LogP contribution in [0, 0.1) is 5.92 Å². The molecule has 0 aliphatic heterocycles. The maximum absolute atomic E-state index is 10.6. The summed E-state index contributed by atoms with van der Waals surface area (Å²) < 4.78 is 0. The first-order chi connectivity index (χ1) is 5.07. The predicted molar refractivity (Wildman–Crippen MR) is 44.3 cm³/mol. The van der Waals surface area contributed by atoms with Gasteiger partial charge in [-0.3, -0.25) is 4.79 Å². The Morgan fingerprint density at radius 3 is 2.45 bits per heavy atom. The van der Waals surface area contributed by atoms with E-state index >= 15 is 0 Å². The highest BCUT2D eigenvalue weighted by Crippen LogP contribution is 2.12. The standard InChI is InChI=1S/C8H17NO2/c1-3-4-7(8(10)11)5-6(2)9/h6-7H,3-5,9H2,1-2H3,(H,10,11). The normalized spacial score (nSPS) is 15.9. The van der Waals surface area contributed by atoms with E-state index in [4.69, 9.17) is 10.8 Å². The van der Waals surface area contributed by atoms with Crippen molar-refractivity contribution in [3.05, 3.63) is 0 Å². The first-order valence-corrected chi connectivity index (χ1v) is 4.06. The molecule has 0 aliphatic carbocycles. The van der Waals surface area contributed by atoms with Gasteiger partial charge >= 0.3 is 5.97 Å². The lowest BCUT2D eigenvalue weighted by Crippen LogP contribution is -2.24. The van der Waals surface area contributed by atoms with Crippen LogP contribution in [-0.2, 0) is 4.79 Å². The average Bonchev–Trinajstić information content (AvgIpc) is 1.86. The van der Waals surface area contributed by atoms with Crippen LogP contribution in [0.1, 0.15) is 33.1 Å². The van der Waals surface area contributed by atoms with Crippen LogP contribution < -0.4 is 5.73 Å². The van der Waals surface area contributed by atoms with Gasteiger partial charge in [-0.1, -0.05) is 13.3 Å². The minimum atomic E-state index is -0.718. The van der Waals surface area contributed by atoms with Crippen LogP contribution in [0.5, 0.6) is 0 Å². The van der Waals surface area contributed by atoms with E-state index in [0.29, 0.717) is 6.42 Å². The Morgan fingerprint density at radius 2 is 2.18 bits per heavy atom. The molecule has 3 heteroatoms. The number of hydrogen-bond donors (Lipinski definition) is 2. The van der Waals surface area contributed by atoms with Gasteiger partial charge in [0.25, 0.3) is 0 Å². The number of carboxylic acid groups (broad SMARTS) is 1. The zero-order chi connectivity index (χ0) is 8.85. The van der Waals surface area contributed by atoms with Crippen LogP contribution >= 0.6 is 0 Å². The van der Waals surface area contributed by atoms with Gasteiger partial charge in [0.05, 0.1) is 5.92 Å². The third kappa shape index (κ3) is 4.79. The third-order valence-corrected chi connectivity index (χ3v) is 1.64. The topological polar surface area (TPSA) is 63.3 Å². The third-order valence-electron chi connectivity index (χ3n) is 1.64. The summed E-state index contributed by atoms with van der Waals surface area (Å²) in [5, 5.41) is 8.70. The summed E-state index contributed by atoms with van der Waals surface area (Å²) in [5.41, 5.74) is 5.50. The van der Waals surface area contributed by atoms with Gasteiger partial charge < -0.3 is 10.8 Å². The zero-order valence-electron chi connectivity index (χ0n) is 7.21. The molecular formula is C8H17NO2. The van der Waals surface area contributed by atoms with Crippen LogP contribution in [0.2, 0.25) is 0 Å². The molecule has 0 saturated heterocycles. The minimum absolute atomic E-state index is 0.0114. The van der Waals surface area contributed by atoms with Crippen LogP contribution in [0.4, 0.5) is 0 Å². The van der Waals surface area contributed by atoms with Gasteiger partial charge in [0.15, 0.2) is 0 Å². The van der Waals surface area contributed by atoms with E-state index in [-0.39, 0.29) is 12.0 Å². The number of hydrogen-bond acceptors (Lipinski definition) is 2. The molecule has 2 unspecified atom stereocenters. The smallest absolute Gasteiger partial charge is 0.306 e. The molecule has 0 aromatic carbocycles. The Morgan fingerprint density at radius 1 is 1.64 bits per heavy atom. The van der Waals surface area contributed by atoms with Gasteiger partial charge in [-0.2, -0.15) is 0 Å². The maximum atomic E-state index is 10.6. The number of carboxylic acids is 1. The van der Waals surface area contributed by atoms with E-state index < -0.39 is 5.97 Å². The lowest BCUT2D eigenvalue weighted by atomic mass is 9.97. The van der Waals surface area contributed by atoms with Gasteiger partial charge in [0.2, 0.25) is 0 Å². The average molecular weight is 159 g/mol. The van der Waals surface area contributed by atoms with Crippen molar-refractivity contribution in [2.75, 3.05) is 0 Å². The van der Waals surface area contributed by atoms with Crippen LogP contribution in [-0.4, -0.2) is 17.1 Å². The zero-order valence-corrected chi connectivity index (χ0v) is 7.21. The summed E-state index contributed by atoms with van der Waals surface area (Å²) in [7, 11) is 0. The van der Waals surface area contributed by atoms with Crippen LogP contribution in [0.15, 0.2) is 0 Å². The molecule has 0 aromatic rings. The second kappa shape index (κ2) is 5.13. The molecule has 0 fully saturated rings.